The summed E-state index contributed by atoms with van der Waals surface area (Å²) in [5, 5.41) is 13.7. The zero-order chi connectivity index (χ0) is 19.3. The Morgan fingerprint density at radius 2 is 2.00 bits per heavy atom. The van der Waals surface area contributed by atoms with Crippen LogP contribution in [0.15, 0.2) is 41.5 Å². The Hall–Kier alpha value is -1.61. The maximum absolute atomic E-state index is 5.91. The molecule has 0 radical (unpaired) electrons. The maximum atomic E-state index is 5.91. The van der Waals surface area contributed by atoms with Crippen molar-refractivity contribution in [3.05, 3.63) is 53.3 Å². The van der Waals surface area contributed by atoms with Gasteiger partial charge in [0.15, 0.2) is 5.96 Å². The number of benzene rings is 1. The van der Waals surface area contributed by atoms with Gasteiger partial charge in [0.2, 0.25) is 0 Å². The molecule has 2 aromatic rings. The number of hydrogen-bond donors (Lipinski definition) is 3. The third kappa shape index (κ3) is 9.05. The highest BCUT2D eigenvalue weighted by Crippen LogP contribution is 2.15. The Labute approximate surface area is 186 Å². The molecule has 0 bridgehead atoms. The van der Waals surface area contributed by atoms with Gasteiger partial charge in [0.25, 0.3) is 0 Å². The Balaban J connectivity index is 0.00000392. The van der Waals surface area contributed by atoms with Crippen molar-refractivity contribution in [2.45, 2.75) is 46.1 Å². The van der Waals surface area contributed by atoms with Crippen LogP contribution in [0.4, 0.5) is 0 Å². The first-order chi connectivity index (χ1) is 13.2. The van der Waals surface area contributed by atoms with Crippen LogP contribution >= 0.6 is 24.0 Å². The van der Waals surface area contributed by atoms with Crippen molar-refractivity contribution in [2.75, 3.05) is 26.2 Å². The third-order valence-electron chi connectivity index (χ3n) is 4.40. The molecule has 2 rings (SSSR count). The number of H-pyrrole nitrogens is 1. The van der Waals surface area contributed by atoms with Crippen molar-refractivity contribution in [3.8, 4) is 0 Å². The lowest BCUT2D eigenvalue weighted by molar-refractivity contribution is 0.0646. The summed E-state index contributed by atoms with van der Waals surface area (Å²) in [6.07, 6.45) is 4.97. The van der Waals surface area contributed by atoms with Crippen molar-refractivity contribution >= 4 is 29.9 Å². The summed E-state index contributed by atoms with van der Waals surface area (Å²) in [5.41, 5.74) is 3.63. The van der Waals surface area contributed by atoms with E-state index in [1.807, 2.05) is 24.4 Å². The summed E-state index contributed by atoms with van der Waals surface area (Å²) in [7, 11) is 0. The molecular weight excluding hydrogens is 465 g/mol. The molecule has 0 fully saturated rings. The van der Waals surface area contributed by atoms with Gasteiger partial charge in [0.05, 0.1) is 12.3 Å². The van der Waals surface area contributed by atoms with Crippen LogP contribution in [0, 0.1) is 6.92 Å². The number of aromatic nitrogens is 2. The number of rotatable bonds is 11. The van der Waals surface area contributed by atoms with Crippen LogP contribution in [0.1, 0.15) is 49.6 Å². The van der Waals surface area contributed by atoms with E-state index >= 15 is 0 Å². The van der Waals surface area contributed by atoms with E-state index in [-0.39, 0.29) is 30.1 Å². The van der Waals surface area contributed by atoms with Gasteiger partial charge >= 0.3 is 0 Å². The van der Waals surface area contributed by atoms with E-state index in [0.717, 1.165) is 57.2 Å². The summed E-state index contributed by atoms with van der Waals surface area (Å²) in [6.45, 7) is 9.44. The van der Waals surface area contributed by atoms with E-state index in [1.165, 1.54) is 11.1 Å². The van der Waals surface area contributed by atoms with Gasteiger partial charge in [0.1, 0.15) is 0 Å². The quantitative estimate of drug-likeness (QED) is 0.189. The first kappa shape index (κ1) is 24.4. The molecule has 28 heavy (non-hydrogen) atoms. The maximum Gasteiger partial charge on any atom is 0.191 e. The number of nitrogens with one attached hydrogen (secondary N) is 3. The fraction of sp³-hybridized carbons (Fsp3) is 0.524. The topological polar surface area (TPSA) is 74.3 Å². The van der Waals surface area contributed by atoms with Crippen LogP contribution < -0.4 is 10.6 Å². The number of nitrogens with zero attached hydrogens (tertiary/aromatic N) is 2. The van der Waals surface area contributed by atoms with Crippen LogP contribution in [0.2, 0.25) is 0 Å². The SMILES string of the molecule is CCNC(=NCCCc1cn[nH]c1C)NCCCOC(C)c1ccccc1.I. The van der Waals surface area contributed by atoms with E-state index in [9.17, 15) is 0 Å². The fourth-order valence-corrected chi connectivity index (χ4v) is 2.79. The lowest BCUT2D eigenvalue weighted by atomic mass is 10.1. The van der Waals surface area contributed by atoms with Crippen LogP contribution in [0.25, 0.3) is 0 Å². The molecule has 7 heteroatoms. The number of hydrogen-bond acceptors (Lipinski definition) is 3. The minimum absolute atomic E-state index is 0. The second-order valence-corrected chi connectivity index (χ2v) is 6.59. The van der Waals surface area contributed by atoms with Gasteiger partial charge in [-0.05, 0) is 51.2 Å². The number of halogens is 1. The molecule has 156 valence electrons. The van der Waals surface area contributed by atoms with Crippen molar-refractivity contribution in [1.29, 1.82) is 0 Å². The molecule has 6 nitrogen and oxygen atoms in total. The van der Waals surface area contributed by atoms with Crippen molar-refractivity contribution in [2.24, 2.45) is 4.99 Å². The largest absolute Gasteiger partial charge is 0.374 e. The minimum Gasteiger partial charge on any atom is -0.374 e. The van der Waals surface area contributed by atoms with Crippen molar-refractivity contribution in [3.63, 3.8) is 0 Å². The highest BCUT2D eigenvalue weighted by molar-refractivity contribution is 14.0. The Morgan fingerprint density at radius 3 is 2.68 bits per heavy atom. The summed E-state index contributed by atoms with van der Waals surface area (Å²) < 4.78 is 5.91. The minimum atomic E-state index is 0. The smallest absolute Gasteiger partial charge is 0.191 e. The molecule has 0 aliphatic rings. The molecule has 3 N–H and O–H groups in total. The van der Waals surface area contributed by atoms with Gasteiger partial charge in [-0.15, -0.1) is 24.0 Å². The highest BCUT2D eigenvalue weighted by atomic mass is 127. The van der Waals surface area contributed by atoms with Crippen molar-refractivity contribution < 1.29 is 4.74 Å². The number of aliphatic imine (C=N–C) groups is 1. The van der Waals surface area contributed by atoms with Crippen LogP contribution in [-0.4, -0.2) is 42.4 Å². The zero-order valence-corrected chi connectivity index (χ0v) is 19.5. The van der Waals surface area contributed by atoms with E-state index in [1.54, 1.807) is 0 Å². The lowest BCUT2D eigenvalue weighted by Gasteiger charge is -2.14. The highest BCUT2D eigenvalue weighted by Gasteiger charge is 2.04. The van der Waals surface area contributed by atoms with Gasteiger partial charge < -0.3 is 15.4 Å². The number of ether oxygens (including phenoxy) is 1. The standard InChI is InChI=1S/C21H33N5O.HI/c1-4-22-21(23-13-8-12-20-16-25-26-17(20)2)24-14-9-15-27-18(3)19-10-6-5-7-11-19;/h5-7,10-11,16,18H,4,8-9,12-15H2,1-3H3,(H,25,26)(H2,22,23,24);1H. The molecule has 0 spiro atoms. The summed E-state index contributed by atoms with van der Waals surface area (Å²) in [5.74, 6) is 0.873. The summed E-state index contributed by atoms with van der Waals surface area (Å²) in [6, 6.07) is 10.3. The number of aromatic amines is 1. The average Bonchev–Trinajstić information content (AvgIpc) is 3.10. The molecule has 1 heterocycles. The van der Waals surface area contributed by atoms with Gasteiger partial charge in [0, 0.05) is 31.9 Å². The third-order valence-corrected chi connectivity index (χ3v) is 4.40. The molecule has 0 saturated heterocycles. The van der Waals surface area contributed by atoms with Crippen LogP contribution in [0.5, 0.6) is 0 Å². The Kier molecular flexibility index (Phi) is 12.6. The average molecular weight is 499 g/mol. The monoisotopic (exact) mass is 499 g/mol. The van der Waals surface area contributed by atoms with Gasteiger partial charge in [-0.3, -0.25) is 10.1 Å². The molecule has 1 atom stereocenters. The van der Waals surface area contributed by atoms with Gasteiger partial charge in [-0.2, -0.15) is 5.10 Å². The van der Waals surface area contributed by atoms with E-state index in [4.69, 9.17) is 4.74 Å². The second kappa shape index (κ2) is 14.4. The van der Waals surface area contributed by atoms with E-state index in [0.29, 0.717) is 0 Å². The van der Waals surface area contributed by atoms with Crippen molar-refractivity contribution in [1.82, 2.24) is 20.8 Å². The van der Waals surface area contributed by atoms with Crippen LogP contribution in [0.3, 0.4) is 0 Å². The molecular formula is C21H34IN5O. The van der Waals surface area contributed by atoms with E-state index < -0.39 is 0 Å². The zero-order valence-electron chi connectivity index (χ0n) is 17.2. The summed E-state index contributed by atoms with van der Waals surface area (Å²) in [4.78, 5) is 4.65. The predicted molar refractivity (Wildman–Crippen MR) is 126 cm³/mol. The lowest BCUT2D eigenvalue weighted by Crippen LogP contribution is -2.38. The van der Waals surface area contributed by atoms with Gasteiger partial charge in [-0.25, -0.2) is 0 Å². The number of aryl methyl sites for hydroxylation is 2. The van der Waals surface area contributed by atoms with E-state index in [2.05, 4.69) is 58.7 Å². The fourth-order valence-electron chi connectivity index (χ4n) is 2.79. The molecule has 1 aromatic carbocycles. The molecule has 0 amide bonds. The summed E-state index contributed by atoms with van der Waals surface area (Å²) >= 11 is 0. The molecule has 0 aliphatic carbocycles. The number of guanidine groups is 1. The normalized spacial score (nSPS) is 12.3. The first-order valence-electron chi connectivity index (χ1n) is 9.88. The molecule has 0 saturated carbocycles. The predicted octanol–water partition coefficient (Wildman–Crippen LogP) is 3.99. The first-order valence-corrected chi connectivity index (χ1v) is 9.88. The molecule has 0 aliphatic heterocycles. The van der Waals surface area contributed by atoms with Gasteiger partial charge in [-0.1, -0.05) is 30.3 Å². The van der Waals surface area contributed by atoms with Crippen LogP contribution in [-0.2, 0) is 11.2 Å². The Morgan fingerprint density at radius 1 is 1.21 bits per heavy atom. The Bertz CT molecular complexity index is 674. The molecule has 1 aromatic heterocycles. The molecule has 1 unspecified atom stereocenters. The second-order valence-electron chi connectivity index (χ2n) is 6.59.